The number of aryl methyl sites for hydroxylation is 1. The number of anilines is 2. The molecule has 0 saturated carbocycles. The average Bonchev–Trinajstić information content (AvgIpc) is 2.92. The second-order valence-electron chi connectivity index (χ2n) is 4.28. The predicted molar refractivity (Wildman–Crippen MR) is 87.7 cm³/mol. The van der Waals surface area contributed by atoms with Crippen molar-refractivity contribution in [1.82, 2.24) is 20.8 Å². The topological polar surface area (TPSA) is 96.0 Å². The fourth-order valence-corrected chi connectivity index (χ4v) is 3.09. The van der Waals surface area contributed by atoms with Gasteiger partial charge in [0.25, 0.3) is 0 Å². The Morgan fingerprint density at radius 3 is 2.86 bits per heavy atom. The third kappa shape index (κ3) is 5.01. The monoisotopic (exact) mass is 337 g/mol. The van der Waals surface area contributed by atoms with E-state index in [1.807, 2.05) is 31.2 Å². The summed E-state index contributed by atoms with van der Waals surface area (Å²) in [6.07, 6.45) is 0. The summed E-state index contributed by atoms with van der Waals surface area (Å²) < 4.78 is 0.655. The van der Waals surface area contributed by atoms with Crippen LogP contribution in [0, 0.1) is 6.92 Å². The molecule has 0 aliphatic carbocycles. The van der Waals surface area contributed by atoms with Crippen molar-refractivity contribution < 1.29 is 9.59 Å². The molecule has 0 aliphatic rings. The van der Waals surface area contributed by atoms with E-state index in [0.29, 0.717) is 9.47 Å². The minimum Gasteiger partial charge on any atom is -0.341 e. The molecule has 0 spiro atoms. The van der Waals surface area contributed by atoms with Crippen molar-refractivity contribution in [2.75, 3.05) is 18.1 Å². The summed E-state index contributed by atoms with van der Waals surface area (Å²) in [5.74, 6) is -0.278. The van der Waals surface area contributed by atoms with E-state index in [0.717, 1.165) is 11.3 Å². The second-order valence-corrected chi connectivity index (χ2v) is 6.48. The van der Waals surface area contributed by atoms with E-state index in [4.69, 9.17) is 0 Å². The van der Waals surface area contributed by atoms with Gasteiger partial charge in [0.15, 0.2) is 4.34 Å². The molecule has 3 N–H and O–H groups in total. The largest absolute Gasteiger partial charge is 0.341 e. The molecule has 0 bridgehead atoms. The summed E-state index contributed by atoms with van der Waals surface area (Å²) in [5, 5.41) is 16.3. The van der Waals surface area contributed by atoms with Crippen molar-refractivity contribution >= 4 is 45.9 Å². The van der Waals surface area contributed by atoms with Crippen molar-refractivity contribution in [1.29, 1.82) is 0 Å². The van der Waals surface area contributed by atoms with Crippen LogP contribution in [-0.4, -0.2) is 34.9 Å². The Labute approximate surface area is 135 Å². The van der Waals surface area contributed by atoms with Crippen LogP contribution in [0.25, 0.3) is 0 Å². The van der Waals surface area contributed by atoms with Crippen LogP contribution in [0.4, 0.5) is 15.6 Å². The summed E-state index contributed by atoms with van der Waals surface area (Å²) >= 11 is 2.58. The molecule has 116 valence electrons. The van der Waals surface area contributed by atoms with Crippen LogP contribution in [0.15, 0.2) is 28.6 Å². The van der Waals surface area contributed by atoms with Crippen LogP contribution in [0.1, 0.15) is 5.56 Å². The molecule has 0 fully saturated rings. The number of imide groups is 1. The van der Waals surface area contributed by atoms with Gasteiger partial charge < -0.3 is 10.6 Å². The normalized spacial score (nSPS) is 10.1. The SMILES string of the molecule is CNC(=O)NC(=O)CSc1nnc(Nc2cccc(C)c2)s1. The number of hydrogen-bond acceptors (Lipinski definition) is 7. The third-order valence-corrected chi connectivity index (χ3v) is 4.45. The predicted octanol–water partition coefficient (Wildman–Crippen LogP) is 2.14. The van der Waals surface area contributed by atoms with Crippen molar-refractivity contribution in [3.63, 3.8) is 0 Å². The number of nitrogens with zero attached hydrogens (tertiary/aromatic N) is 2. The van der Waals surface area contributed by atoms with E-state index < -0.39 is 6.03 Å². The lowest BCUT2D eigenvalue weighted by Gasteiger charge is -2.02. The summed E-state index contributed by atoms with van der Waals surface area (Å²) in [6.45, 7) is 2.01. The van der Waals surface area contributed by atoms with Gasteiger partial charge in [-0.1, -0.05) is 35.2 Å². The lowest BCUT2D eigenvalue weighted by molar-refractivity contribution is -0.117. The highest BCUT2D eigenvalue weighted by atomic mass is 32.2. The smallest absolute Gasteiger partial charge is 0.321 e. The highest BCUT2D eigenvalue weighted by Crippen LogP contribution is 2.27. The van der Waals surface area contributed by atoms with E-state index >= 15 is 0 Å². The molecular weight excluding hydrogens is 322 g/mol. The van der Waals surface area contributed by atoms with Crippen LogP contribution >= 0.6 is 23.1 Å². The van der Waals surface area contributed by atoms with Crippen LogP contribution in [0.5, 0.6) is 0 Å². The van der Waals surface area contributed by atoms with Gasteiger partial charge >= 0.3 is 6.03 Å². The van der Waals surface area contributed by atoms with Gasteiger partial charge in [-0.2, -0.15) is 0 Å². The molecule has 2 aromatic rings. The van der Waals surface area contributed by atoms with Gasteiger partial charge in [0.2, 0.25) is 11.0 Å². The molecule has 1 heterocycles. The maximum atomic E-state index is 11.5. The average molecular weight is 337 g/mol. The molecule has 0 saturated heterocycles. The summed E-state index contributed by atoms with van der Waals surface area (Å²) in [4.78, 5) is 22.4. The van der Waals surface area contributed by atoms with E-state index in [1.54, 1.807) is 0 Å². The van der Waals surface area contributed by atoms with E-state index in [9.17, 15) is 9.59 Å². The Bertz CT molecular complexity index is 674. The number of nitrogens with one attached hydrogen (secondary N) is 3. The number of urea groups is 1. The minimum atomic E-state index is -0.523. The molecule has 1 aromatic carbocycles. The van der Waals surface area contributed by atoms with Crippen LogP contribution in [0.3, 0.4) is 0 Å². The van der Waals surface area contributed by atoms with Gasteiger partial charge in [-0.25, -0.2) is 4.79 Å². The number of aromatic nitrogens is 2. The number of carbonyl (C=O) groups is 2. The number of thioether (sulfide) groups is 1. The van der Waals surface area contributed by atoms with Crippen LogP contribution in [0.2, 0.25) is 0 Å². The minimum absolute atomic E-state index is 0.104. The van der Waals surface area contributed by atoms with Gasteiger partial charge in [0, 0.05) is 12.7 Å². The number of hydrogen-bond donors (Lipinski definition) is 3. The summed E-state index contributed by atoms with van der Waals surface area (Å²) in [5.41, 5.74) is 2.08. The van der Waals surface area contributed by atoms with Crippen LogP contribution in [-0.2, 0) is 4.79 Å². The zero-order valence-electron chi connectivity index (χ0n) is 12.0. The van der Waals surface area contributed by atoms with Crippen molar-refractivity contribution in [2.45, 2.75) is 11.3 Å². The molecule has 0 radical (unpaired) electrons. The Kier molecular flexibility index (Phi) is 5.73. The molecule has 1 aromatic heterocycles. The molecule has 7 nitrogen and oxygen atoms in total. The third-order valence-electron chi connectivity index (χ3n) is 2.48. The van der Waals surface area contributed by atoms with E-state index in [1.165, 1.54) is 30.1 Å². The molecule has 0 aliphatic heterocycles. The number of amides is 3. The fourth-order valence-electron chi connectivity index (χ4n) is 1.52. The van der Waals surface area contributed by atoms with Crippen LogP contribution < -0.4 is 16.0 Å². The maximum Gasteiger partial charge on any atom is 0.321 e. The standard InChI is InChI=1S/C13H15N5O2S2/c1-8-4-3-5-9(6-8)15-12-17-18-13(22-12)21-7-10(19)16-11(20)14-2/h3-6H,7H2,1-2H3,(H,15,17)(H2,14,16,19,20). The van der Waals surface area contributed by atoms with Gasteiger partial charge in [-0.15, -0.1) is 10.2 Å². The van der Waals surface area contributed by atoms with Gasteiger partial charge in [0.1, 0.15) is 0 Å². The maximum absolute atomic E-state index is 11.5. The zero-order chi connectivity index (χ0) is 15.9. The number of carbonyl (C=O) groups excluding carboxylic acids is 2. The highest BCUT2D eigenvalue weighted by molar-refractivity contribution is 8.01. The lowest BCUT2D eigenvalue weighted by atomic mass is 10.2. The summed E-state index contributed by atoms with van der Waals surface area (Å²) in [7, 11) is 1.45. The first-order valence-corrected chi connectivity index (χ1v) is 8.18. The Balaban J connectivity index is 1.86. The molecular formula is C13H15N5O2S2. The number of rotatable bonds is 5. The highest BCUT2D eigenvalue weighted by Gasteiger charge is 2.10. The van der Waals surface area contributed by atoms with E-state index in [-0.39, 0.29) is 11.7 Å². The molecule has 22 heavy (non-hydrogen) atoms. The quantitative estimate of drug-likeness (QED) is 0.724. The molecule has 2 rings (SSSR count). The zero-order valence-corrected chi connectivity index (χ0v) is 13.7. The molecule has 9 heteroatoms. The Morgan fingerprint density at radius 1 is 1.32 bits per heavy atom. The Morgan fingerprint density at radius 2 is 2.14 bits per heavy atom. The molecule has 0 unspecified atom stereocenters. The van der Waals surface area contributed by atoms with Gasteiger partial charge in [0.05, 0.1) is 5.75 Å². The van der Waals surface area contributed by atoms with E-state index in [2.05, 4.69) is 26.1 Å². The first-order valence-electron chi connectivity index (χ1n) is 6.38. The second kappa shape index (κ2) is 7.76. The molecule has 0 atom stereocenters. The van der Waals surface area contributed by atoms with Crippen molar-refractivity contribution in [3.8, 4) is 0 Å². The first-order chi connectivity index (χ1) is 10.6. The Hall–Kier alpha value is -2.13. The number of benzene rings is 1. The lowest BCUT2D eigenvalue weighted by Crippen LogP contribution is -2.38. The summed E-state index contributed by atoms with van der Waals surface area (Å²) in [6, 6.07) is 7.39. The van der Waals surface area contributed by atoms with Crippen molar-refractivity contribution in [3.05, 3.63) is 29.8 Å². The van der Waals surface area contributed by atoms with Crippen molar-refractivity contribution in [2.24, 2.45) is 0 Å². The van der Waals surface area contributed by atoms with Gasteiger partial charge in [-0.3, -0.25) is 10.1 Å². The first kappa shape index (κ1) is 16.2. The molecule has 3 amide bonds. The fraction of sp³-hybridized carbons (Fsp3) is 0.231. The van der Waals surface area contributed by atoms with Gasteiger partial charge in [-0.05, 0) is 24.6 Å².